The van der Waals surface area contributed by atoms with Crippen molar-refractivity contribution in [1.29, 1.82) is 0 Å². The SMILES string of the molecule is CCC[CH2][Sn+]([CH2]CCC)[O]OC(C)(C)C. The fourth-order valence-electron chi connectivity index (χ4n) is 1.14. The summed E-state index contributed by atoms with van der Waals surface area (Å²) in [7, 11) is 0. The Morgan fingerprint density at radius 3 is 1.73 bits per heavy atom. The molecule has 0 radical (unpaired) electrons. The van der Waals surface area contributed by atoms with Gasteiger partial charge < -0.3 is 0 Å². The van der Waals surface area contributed by atoms with Crippen LogP contribution >= 0.6 is 0 Å². The van der Waals surface area contributed by atoms with Crippen LogP contribution in [0.1, 0.15) is 60.3 Å². The molecule has 0 N–H and O–H groups in total. The zero-order valence-corrected chi connectivity index (χ0v) is 13.9. The standard InChI is InChI=1S/C4H10O2.2C4H9.Sn/c1-4(2,3)6-5;2*1-3-4-2;/h5H,1-3H3;2*1,3-4H2,2H3;/q;;;+2/p-1. The molecule has 15 heavy (non-hydrogen) atoms. The summed E-state index contributed by atoms with van der Waals surface area (Å²) < 4.78 is 8.34. The van der Waals surface area contributed by atoms with Gasteiger partial charge in [0.2, 0.25) is 0 Å². The van der Waals surface area contributed by atoms with E-state index in [0.717, 1.165) is 0 Å². The molecule has 0 aromatic rings. The molecule has 90 valence electrons. The van der Waals surface area contributed by atoms with Crippen LogP contribution in [0.4, 0.5) is 0 Å². The monoisotopic (exact) mass is 323 g/mol. The van der Waals surface area contributed by atoms with Crippen molar-refractivity contribution in [3.8, 4) is 0 Å². The van der Waals surface area contributed by atoms with Crippen LogP contribution in [0.2, 0.25) is 8.87 Å². The van der Waals surface area contributed by atoms with Crippen molar-refractivity contribution >= 4 is 20.2 Å². The van der Waals surface area contributed by atoms with E-state index < -0.39 is 20.2 Å². The molecule has 0 aromatic carbocycles. The molecule has 0 atom stereocenters. The fraction of sp³-hybridized carbons (Fsp3) is 1.00. The van der Waals surface area contributed by atoms with Crippen LogP contribution in [0, 0.1) is 0 Å². The van der Waals surface area contributed by atoms with Gasteiger partial charge in [0.15, 0.2) is 0 Å². The zero-order chi connectivity index (χ0) is 11.7. The maximum absolute atomic E-state index is 5.71. The number of rotatable bonds is 8. The predicted octanol–water partition coefficient (Wildman–Crippen LogP) is 4.32. The summed E-state index contributed by atoms with van der Waals surface area (Å²) in [6.45, 7) is 10.6. The third kappa shape index (κ3) is 11.0. The van der Waals surface area contributed by atoms with Gasteiger partial charge in [0.1, 0.15) is 0 Å². The van der Waals surface area contributed by atoms with Crippen molar-refractivity contribution < 1.29 is 8.11 Å². The predicted molar refractivity (Wildman–Crippen MR) is 67.1 cm³/mol. The van der Waals surface area contributed by atoms with E-state index in [4.69, 9.17) is 8.11 Å². The summed E-state index contributed by atoms with van der Waals surface area (Å²) in [6, 6.07) is 0. The van der Waals surface area contributed by atoms with E-state index in [-0.39, 0.29) is 5.60 Å². The van der Waals surface area contributed by atoms with Crippen molar-refractivity contribution in [3.05, 3.63) is 0 Å². The molecular formula is C12H27O2Sn+. The van der Waals surface area contributed by atoms with Crippen LogP contribution in [0.25, 0.3) is 0 Å². The van der Waals surface area contributed by atoms with E-state index in [0.29, 0.717) is 0 Å². The summed E-state index contributed by atoms with van der Waals surface area (Å²) in [6.07, 6.45) is 5.17. The van der Waals surface area contributed by atoms with Crippen molar-refractivity contribution in [2.75, 3.05) is 0 Å². The Labute approximate surface area is 103 Å². The van der Waals surface area contributed by atoms with Gasteiger partial charge in [-0.25, -0.2) is 0 Å². The van der Waals surface area contributed by atoms with Gasteiger partial charge in [-0.05, 0) is 0 Å². The fourth-order valence-corrected chi connectivity index (χ4v) is 7.65. The van der Waals surface area contributed by atoms with E-state index in [9.17, 15) is 0 Å². The third-order valence-electron chi connectivity index (χ3n) is 2.03. The van der Waals surface area contributed by atoms with Crippen LogP contribution in [0.15, 0.2) is 0 Å². The Morgan fingerprint density at radius 2 is 1.40 bits per heavy atom. The summed E-state index contributed by atoms with van der Waals surface area (Å²) in [4.78, 5) is 5.47. The molecule has 0 aromatic heterocycles. The molecule has 0 unspecified atom stereocenters. The average molecular weight is 322 g/mol. The average Bonchev–Trinajstić information content (AvgIpc) is 2.15. The molecule has 0 aliphatic carbocycles. The second-order valence-corrected chi connectivity index (χ2v) is 11.4. The van der Waals surface area contributed by atoms with Gasteiger partial charge in [-0.3, -0.25) is 0 Å². The minimum absolute atomic E-state index is 0.149. The summed E-state index contributed by atoms with van der Waals surface area (Å²) in [5, 5.41) is 0. The molecule has 0 aliphatic rings. The van der Waals surface area contributed by atoms with Gasteiger partial charge in [-0.1, -0.05) is 0 Å². The first-order valence-electron chi connectivity index (χ1n) is 6.20. The first kappa shape index (κ1) is 15.7. The zero-order valence-electron chi connectivity index (χ0n) is 11.1. The molecule has 0 saturated carbocycles. The minimum atomic E-state index is -1.66. The quantitative estimate of drug-likeness (QED) is 0.376. The van der Waals surface area contributed by atoms with Crippen LogP contribution < -0.4 is 0 Å². The molecule has 0 heterocycles. The number of hydrogen-bond acceptors (Lipinski definition) is 2. The van der Waals surface area contributed by atoms with Crippen molar-refractivity contribution in [1.82, 2.24) is 0 Å². The molecule has 0 bridgehead atoms. The van der Waals surface area contributed by atoms with Gasteiger partial charge in [-0.15, -0.1) is 0 Å². The molecule has 0 spiro atoms. The first-order valence-corrected chi connectivity index (χ1v) is 11.4. The molecule has 0 saturated heterocycles. The maximum atomic E-state index is 5.71. The van der Waals surface area contributed by atoms with Gasteiger partial charge in [0.25, 0.3) is 0 Å². The Hall–Kier alpha value is 0.719. The molecule has 0 rings (SSSR count). The van der Waals surface area contributed by atoms with E-state index >= 15 is 0 Å². The molecule has 0 amide bonds. The van der Waals surface area contributed by atoms with Crippen LogP contribution in [0.5, 0.6) is 0 Å². The Morgan fingerprint density at radius 1 is 0.933 bits per heavy atom. The second kappa shape index (κ2) is 8.82. The van der Waals surface area contributed by atoms with Crippen LogP contribution in [0.3, 0.4) is 0 Å². The van der Waals surface area contributed by atoms with Crippen molar-refractivity contribution in [2.24, 2.45) is 0 Å². The summed E-state index contributed by atoms with van der Waals surface area (Å²) >= 11 is -1.66. The molecular weight excluding hydrogens is 295 g/mol. The van der Waals surface area contributed by atoms with Crippen molar-refractivity contribution in [2.45, 2.75) is 74.8 Å². The van der Waals surface area contributed by atoms with Crippen molar-refractivity contribution in [3.63, 3.8) is 0 Å². The molecule has 2 nitrogen and oxygen atoms in total. The Kier molecular flexibility index (Phi) is 9.25. The van der Waals surface area contributed by atoms with E-state index in [1.807, 2.05) is 20.8 Å². The van der Waals surface area contributed by atoms with Gasteiger partial charge in [-0.2, -0.15) is 0 Å². The van der Waals surface area contributed by atoms with E-state index in [1.54, 1.807) is 0 Å². The summed E-state index contributed by atoms with van der Waals surface area (Å²) in [5.74, 6) is 0. The molecule has 0 aliphatic heterocycles. The Bertz CT molecular complexity index is 135. The summed E-state index contributed by atoms with van der Waals surface area (Å²) in [5.41, 5.74) is -0.149. The number of unbranched alkanes of at least 4 members (excludes halogenated alkanes) is 2. The van der Waals surface area contributed by atoms with Gasteiger partial charge in [0.05, 0.1) is 0 Å². The molecule has 3 heteroatoms. The normalized spacial score (nSPS) is 11.8. The van der Waals surface area contributed by atoms with E-state index in [2.05, 4.69) is 13.8 Å². The first-order chi connectivity index (χ1) is 6.99. The Balaban J connectivity index is 3.78. The third-order valence-corrected chi connectivity index (χ3v) is 8.14. The topological polar surface area (TPSA) is 18.5 Å². The van der Waals surface area contributed by atoms with Crippen LogP contribution in [-0.4, -0.2) is 25.8 Å². The second-order valence-electron chi connectivity index (χ2n) is 5.02. The van der Waals surface area contributed by atoms with Gasteiger partial charge in [0, 0.05) is 0 Å². The number of hydrogen-bond donors (Lipinski definition) is 0. The van der Waals surface area contributed by atoms with Crippen LogP contribution in [-0.2, 0) is 8.11 Å². The molecule has 0 fully saturated rings. The van der Waals surface area contributed by atoms with Gasteiger partial charge >= 0.3 is 103 Å². The van der Waals surface area contributed by atoms with E-state index in [1.165, 1.54) is 34.6 Å².